The summed E-state index contributed by atoms with van der Waals surface area (Å²) in [5.41, 5.74) is 9.06. The van der Waals surface area contributed by atoms with Crippen LogP contribution in [0.15, 0.2) is 24.3 Å². The van der Waals surface area contributed by atoms with Gasteiger partial charge in [0.2, 0.25) is 0 Å². The van der Waals surface area contributed by atoms with E-state index in [9.17, 15) is 0 Å². The van der Waals surface area contributed by atoms with Gasteiger partial charge in [-0.1, -0.05) is 38.0 Å². The molecule has 20 heavy (non-hydrogen) atoms. The van der Waals surface area contributed by atoms with Crippen LogP contribution in [-0.4, -0.2) is 15.3 Å². The van der Waals surface area contributed by atoms with E-state index in [1.54, 1.807) is 0 Å². The molecule has 2 atom stereocenters. The molecular weight excluding hydrogens is 246 g/mol. The first-order chi connectivity index (χ1) is 9.64. The number of aromatic nitrogens is 2. The van der Waals surface area contributed by atoms with Crippen molar-refractivity contribution >= 4 is 10.9 Å². The molecule has 2 unspecified atom stereocenters. The van der Waals surface area contributed by atoms with Crippen LogP contribution in [0.4, 0.5) is 0 Å². The molecule has 3 heteroatoms. The van der Waals surface area contributed by atoms with Crippen molar-refractivity contribution in [2.45, 2.75) is 58.0 Å². The van der Waals surface area contributed by atoms with Crippen LogP contribution in [0.1, 0.15) is 45.2 Å². The third-order valence-electron chi connectivity index (χ3n) is 5.04. The highest BCUT2D eigenvalue weighted by molar-refractivity contribution is 5.82. The van der Waals surface area contributed by atoms with Crippen LogP contribution >= 0.6 is 0 Å². The van der Waals surface area contributed by atoms with Crippen molar-refractivity contribution in [3.8, 4) is 0 Å². The van der Waals surface area contributed by atoms with Crippen LogP contribution in [0.3, 0.4) is 0 Å². The summed E-state index contributed by atoms with van der Waals surface area (Å²) in [5.74, 6) is 0.585. The average molecular weight is 271 g/mol. The van der Waals surface area contributed by atoms with Gasteiger partial charge in [0.25, 0.3) is 0 Å². The van der Waals surface area contributed by atoms with Crippen LogP contribution in [0, 0.1) is 5.92 Å². The maximum absolute atomic E-state index is 6.73. The van der Waals surface area contributed by atoms with Crippen LogP contribution in [0.2, 0.25) is 0 Å². The molecule has 1 aromatic heterocycles. The fourth-order valence-electron chi connectivity index (χ4n) is 3.58. The molecule has 0 saturated heterocycles. The Hall–Kier alpha value is -1.35. The summed E-state index contributed by atoms with van der Waals surface area (Å²) in [6, 6.07) is 8.52. The zero-order chi connectivity index (χ0) is 14.2. The van der Waals surface area contributed by atoms with E-state index >= 15 is 0 Å². The number of aryl methyl sites for hydroxylation is 1. The Labute approximate surface area is 121 Å². The Morgan fingerprint density at radius 2 is 2.15 bits per heavy atom. The molecule has 1 aromatic carbocycles. The highest BCUT2D eigenvalue weighted by atomic mass is 15.3. The highest BCUT2D eigenvalue weighted by Crippen LogP contribution is 2.35. The number of hydrogen-bond donors (Lipinski definition) is 1. The summed E-state index contributed by atoms with van der Waals surface area (Å²) < 4.78 is 2.10. The number of nitrogens with zero attached hydrogens (tertiary/aromatic N) is 2. The van der Waals surface area contributed by atoms with Gasteiger partial charge in [0, 0.05) is 23.9 Å². The second kappa shape index (κ2) is 5.21. The van der Waals surface area contributed by atoms with Gasteiger partial charge in [-0.3, -0.25) is 4.68 Å². The summed E-state index contributed by atoms with van der Waals surface area (Å²) in [4.78, 5) is 0. The van der Waals surface area contributed by atoms with Crippen LogP contribution < -0.4 is 5.73 Å². The van der Waals surface area contributed by atoms with Crippen molar-refractivity contribution in [3.63, 3.8) is 0 Å². The van der Waals surface area contributed by atoms with Gasteiger partial charge in [-0.2, -0.15) is 5.10 Å². The minimum absolute atomic E-state index is 0.0755. The number of para-hydroxylation sites is 1. The Balaban J connectivity index is 1.98. The van der Waals surface area contributed by atoms with Gasteiger partial charge in [-0.25, -0.2) is 0 Å². The van der Waals surface area contributed by atoms with Gasteiger partial charge in [-0.15, -0.1) is 0 Å². The van der Waals surface area contributed by atoms with E-state index in [1.165, 1.54) is 35.9 Å². The summed E-state index contributed by atoms with van der Waals surface area (Å²) in [6.45, 7) is 5.36. The first-order valence-corrected chi connectivity index (χ1v) is 7.87. The number of fused-ring (bicyclic) bond motifs is 1. The highest BCUT2D eigenvalue weighted by Gasteiger charge is 2.35. The summed E-state index contributed by atoms with van der Waals surface area (Å²) >= 11 is 0. The minimum Gasteiger partial charge on any atom is -0.325 e. The molecule has 1 saturated carbocycles. The largest absolute Gasteiger partial charge is 0.325 e. The van der Waals surface area contributed by atoms with Crippen molar-refractivity contribution in [1.29, 1.82) is 0 Å². The van der Waals surface area contributed by atoms with Crippen molar-refractivity contribution < 1.29 is 0 Å². The smallest absolute Gasteiger partial charge is 0.0721 e. The number of hydrogen-bond acceptors (Lipinski definition) is 2. The van der Waals surface area contributed by atoms with Gasteiger partial charge in [0.15, 0.2) is 0 Å². The first kappa shape index (κ1) is 13.6. The number of rotatable bonds is 3. The lowest BCUT2D eigenvalue weighted by molar-refractivity contribution is 0.202. The second-order valence-corrected chi connectivity index (χ2v) is 6.34. The average Bonchev–Trinajstić information content (AvgIpc) is 2.81. The van der Waals surface area contributed by atoms with E-state index in [2.05, 4.69) is 42.8 Å². The fourth-order valence-corrected chi connectivity index (χ4v) is 3.58. The van der Waals surface area contributed by atoms with Crippen molar-refractivity contribution in [1.82, 2.24) is 9.78 Å². The Bertz CT molecular complexity index is 601. The molecule has 1 heterocycles. The third-order valence-corrected chi connectivity index (χ3v) is 5.04. The van der Waals surface area contributed by atoms with Gasteiger partial charge in [0.1, 0.15) is 0 Å². The van der Waals surface area contributed by atoms with E-state index in [1.807, 2.05) is 0 Å². The lowest BCUT2D eigenvalue weighted by atomic mass is 9.72. The summed E-state index contributed by atoms with van der Waals surface area (Å²) in [7, 11) is 0. The number of benzene rings is 1. The van der Waals surface area contributed by atoms with Crippen molar-refractivity contribution in [2.75, 3.05) is 0 Å². The molecule has 0 spiro atoms. The molecule has 108 valence electrons. The summed E-state index contributed by atoms with van der Waals surface area (Å²) in [6.07, 6.45) is 5.86. The normalized spacial score (nSPS) is 27.1. The molecule has 2 aromatic rings. The standard InChI is InChI=1S/C17H25N3/c1-3-20-16-10-5-4-9-14(16)15(19-20)12-17(18)11-7-6-8-13(17)2/h4-5,9-10,13H,3,6-8,11-12,18H2,1-2H3. The third kappa shape index (κ3) is 2.24. The van der Waals surface area contributed by atoms with E-state index in [0.717, 1.165) is 19.4 Å². The van der Waals surface area contributed by atoms with Crippen molar-refractivity contribution in [2.24, 2.45) is 11.7 Å². The zero-order valence-electron chi connectivity index (χ0n) is 12.6. The molecule has 1 aliphatic rings. The molecule has 1 fully saturated rings. The summed E-state index contributed by atoms with van der Waals surface area (Å²) in [5, 5.41) is 6.09. The topological polar surface area (TPSA) is 43.8 Å². The molecule has 3 rings (SSSR count). The van der Waals surface area contributed by atoms with Gasteiger partial charge in [0.05, 0.1) is 11.2 Å². The Kier molecular flexibility index (Phi) is 3.55. The lowest BCUT2D eigenvalue weighted by Crippen LogP contribution is -2.50. The molecule has 1 aliphatic carbocycles. The Morgan fingerprint density at radius 1 is 1.35 bits per heavy atom. The van der Waals surface area contributed by atoms with Crippen LogP contribution in [0.25, 0.3) is 10.9 Å². The second-order valence-electron chi connectivity index (χ2n) is 6.34. The predicted molar refractivity (Wildman–Crippen MR) is 83.7 cm³/mol. The molecule has 0 aliphatic heterocycles. The molecule has 0 radical (unpaired) electrons. The molecule has 3 nitrogen and oxygen atoms in total. The SMILES string of the molecule is CCn1nc(CC2(N)CCCCC2C)c2ccccc21. The quantitative estimate of drug-likeness (QED) is 0.928. The molecule has 0 bridgehead atoms. The molecular formula is C17H25N3. The van der Waals surface area contributed by atoms with Crippen molar-refractivity contribution in [3.05, 3.63) is 30.0 Å². The van der Waals surface area contributed by atoms with E-state index in [-0.39, 0.29) is 5.54 Å². The fraction of sp³-hybridized carbons (Fsp3) is 0.588. The lowest BCUT2D eigenvalue weighted by Gasteiger charge is -2.39. The van der Waals surface area contributed by atoms with E-state index in [0.29, 0.717) is 5.92 Å². The molecule has 0 amide bonds. The molecule has 2 N–H and O–H groups in total. The van der Waals surface area contributed by atoms with E-state index in [4.69, 9.17) is 10.8 Å². The maximum Gasteiger partial charge on any atom is 0.0721 e. The Morgan fingerprint density at radius 3 is 2.90 bits per heavy atom. The first-order valence-electron chi connectivity index (χ1n) is 7.87. The van der Waals surface area contributed by atoms with Gasteiger partial charge < -0.3 is 5.73 Å². The van der Waals surface area contributed by atoms with Gasteiger partial charge in [-0.05, 0) is 31.7 Å². The van der Waals surface area contributed by atoms with Crippen LogP contribution in [0.5, 0.6) is 0 Å². The van der Waals surface area contributed by atoms with E-state index < -0.39 is 0 Å². The predicted octanol–water partition coefficient (Wildman–Crippen LogP) is 3.51. The number of nitrogens with two attached hydrogens (primary N) is 1. The van der Waals surface area contributed by atoms with Crippen LogP contribution in [-0.2, 0) is 13.0 Å². The monoisotopic (exact) mass is 271 g/mol. The maximum atomic E-state index is 6.73. The zero-order valence-corrected chi connectivity index (χ0v) is 12.6. The van der Waals surface area contributed by atoms with Gasteiger partial charge >= 0.3 is 0 Å². The minimum atomic E-state index is -0.0755.